The third kappa shape index (κ3) is 4.03. The van der Waals surface area contributed by atoms with E-state index < -0.39 is 24.1 Å². The first-order valence-electron chi connectivity index (χ1n) is 12.8. The molecule has 0 fully saturated rings. The van der Waals surface area contributed by atoms with E-state index in [0.29, 0.717) is 17.0 Å². The molecule has 37 heavy (non-hydrogen) atoms. The van der Waals surface area contributed by atoms with Crippen molar-refractivity contribution in [3.8, 4) is 0 Å². The van der Waals surface area contributed by atoms with E-state index in [1.807, 2.05) is 48.5 Å². The molecule has 0 heterocycles. The number of esters is 2. The van der Waals surface area contributed by atoms with E-state index in [2.05, 4.69) is 44.2 Å². The molecule has 4 atom stereocenters. The van der Waals surface area contributed by atoms with Crippen LogP contribution in [0.3, 0.4) is 0 Å². The van der Waals surface area contributed by atoms with Crippen molar-refractivity contribution in [3.63, 3.8) is 0 Å². The fourth-order valence-corrected chi connectivity index (χ4v) is 5.81. The summed E-state index contributed by atoms with van der Waals surface area (Å²) in [5, 5.41) is 0. The Labute approximate surface area is 216 Å². The highest BCUT2D eigenvalue weighted by atomic mass is 16.6. The third-order valence-electron chi connectivity index (χ3n) is 7.60. The summed E-state index contributed by atoms with van der Waals surface area (Å²) >= 11 is 0. The predicted octanol–water partition coefficient (Wildman–Crippen LogP) is 6.85. The van der Waals surface area contributed by atoms with Crippen molar-refractivity contribution in [1.29, 1.82) is 0 Å². The second-order valence-electron chi connectivity index (χ2n) is 10.1. The molecule has 0 spiro atoms. The Morgan fingerprint density at radius 1 is 0.568 bits per heavy atom. The summed E-state index contributed by atoms with van der Waals surface area (Å²) in [6.45, 7) is 4.35. The molecular weight excluding hydrogens is 460 g/mol. The maximum atomic E-state index is 13.3. The molecule has 2 bridgehead atoms. The van der Waals surface area contributed by atoms with Crippen molar-refractivity contribution in [2.45, 2.75) is 43.8 Å². The fraction of sp³-hybridized carbons (Fsp3) is 0.212. The van der Waals surface area contributed by atoms with Crippen molar-refractivity contribution >= 4 is 11.9 Å². The molecule has 3 aliphatic rings. The van der Waals surface area contributed by atoms with Crippen LogP contribution in [0.1, 0.15) is 80.1 Å². The Hall–Kier alpha value is -4.18. The molecule has 0 amide bonds. The summed E-state index contributed by atoms with van der Waals surface area (Å²) in [5.41, 5.74) is 6.70. The van der Waals surface area contributed by atoms with Crippen LogP contribution in [0.15, 0.2) is 103 Å². The van der Waals surface area contributed by atoms with Gasteiger partial charge in [0.2, 0.25) is 0 Å². The van der Waals surface area contributed by atoms with Gasteiger partial charge in [-0.2, -0.15) is 0 Å². The summed E-state index contributed by atoms with van der Waals surface area (Å²) < 4.78 is 12.5. The highest BCUT2D eigenvalue weighted by Gasteiger charge is 2.53. The van der Waals surface area contributed by atoms with Crippen LogP contribution in [0.5, 0.6) is 0 Å². The standard InChI is InChI=1S/C33H28O4/c1-20(2)23-17-18-26-27(19-23)29-25-16-10-9-15-24(25)28(26)30(36-32(34)21-11-5-3-6-12-21)31(29)37-33(35)22-13-7-4-8-14-22/h3-20,28-31H,1-2H3/t28-,29-,30?,31?/m1/s1. The number of fused-ring (bicyclic) bond motifs is 1. The average Bonchev–Trinajstić information content (AvgIpc) is 2.94. The van der Waals surface area contributed by atoms with Crippen LogP contribution in [0, 0.1) is 0 Å². The van der Waals surface area contributed by atoms with Crippen molar-refractivity contribution in [3.05, 3.63) is 142 Å². The topological polar surface area (TPSA) is 52.6 Å². The maximum Gasteiger partial charge on any atom is 0.338 e. The van der Waals surface area contributed by atoms with E-state index in [-0.39, 0.29) is 11.8 Å². The van der Waals surface area contributed by atoms with Crippen LogP contribution in [-0.2, 0) is 9.47 Å². The second-order valence-corrected chi connectivity index (χ2v) is 10.1. The lowest BCUT2D eigenvalue weighted by molar-refractivity contribution is -0.0557. The number of ether oxygens (including phenoxy) is 2. The van der Waals surface area contributed by atoms with Gasteiger partial charge in [0.15, 0.2) is 12.2 Å². The van der Waals surface area contributed by atoms with Crippen LogP contribution in [0.2, 0.25) is 0 Å². The molecule has 0 aliphatic heterocycles. The maximum absolute atomic E-state index is 13.3. The highest BCUT2D eigenvalue weighted by Crippen LogP contribution is 2.55. The molecule has 0 N–H and O–H groups in total. The zero-order chi connectivity index (χ0) is 25.5. The summed E-state index contributed by atoms with van der Waals surface area (Å²) in [6, 6.07) is 32.8. The van der Waals surface area contributed by atoms with Gasteiger partial charge in [-0.3, -0.25) is 0 Å². The Morgan fingerprint density at radius 2 is 1.00 bits per heavy atom. The predicted molar refractivity (Wildman–Crippen MR) is 142 cm³/mol. The lowest BCUT2D eigenvalue weighted by Gasteiger charge is -2.49. The molecule has 2 unspecified atom stereocenters. The summed E-state index contributed by atoms with van der Waals surface area (Å²) in [5.74, 6) is -0.956. The molecule has 0 saturated carbocycles. The van der Waals surface area contributed by atoms with Gasteiger partial charge in [-0.1, -0.05) is 92.7 Å². The van der Waals surface area contributed by atoms with Gasteiger partial charge in [0.1, 0.15) is 0 Å². The van der Waals surface area contributed by atoms with Gasteiger partial charge in [0, 0.05) is 0 Å². The minimum absolute atomic E-state index is 0.237. The minimum atomic E-state index is -0.657. The zero-order valence-electron chi connectivity index (χ0n) is 20.8. The lowest BCUT2D eigenvalue weighted by atomic mass is 9.60. The van der Waals surface area contributed by atoms with Crippen LogP contribution >= 0.6 is 0 Å². The van der Waals surface area contributed by atoms with E-state index in [0.717, 1.165) is 22.3 Å². The summed E-state index contributed by atoms with van der Waals surface area (Å²) in [6.07, 6.45) is -1.31. The molecule has 0 aromatic heterocycles. The molecule has 184 valence electrons. The molecule has 0 saturated heterocycles. The van der Waals surface area contributed by atoms with Crippen molar-refractivity contribution < 1.29 is 19.1 Å². The SMILES string of the molecule is CC(C)c1ccc2c(c1)[C@H]1c3ccccc3[C@H]2C(OC(=O)c2ccccc2)C1OC(=O)c1ccccc1. The molecule has 4 aromatic rings. The van der Waals surface area contributed by atoms with E-state index in [9.17, 15) is 9.59 Å². The largest absolute Gasteiger partial charge is 0.454 e. The Bertz CT molecular complexity index is 1460. The molecule has 4 nitrogen and oxygen atoms in total. The normalized spacial score (nSPS) is 21.2. The summed E-state index contributed by atoms with van der Waals surface area (Å²) in [4.78, 5) is 26.6. The van der Waals surface area contributed by atoms with Gasteiger partial charge in [-0.25, -0.2) is 9.59 Å². The first-order valence-corrected chi connectivity index (χ1v) is 12.8. The Morgan fingerprint density at radius 3 is 1.49 bits per heavy atom. The number of hydrogen-bond donors (Lipinski definition) is 0. The monoisotopic (exact) mass is 488 g/mol. The number of benzene rings is 4. The highest BCUT2D eigenvalue weighted by molar-refractivity contribution is 5.90. The van der Waals surface area contributed by atoms with Gasteiger partial charge in [-0.05, 0) is 58.0 Å². The molecule has 0 radical (unpaired) electrons. The molecule has 4 aromatic carbocycles. The van der Waals surface area contributed by atoms with Crippen LogP contribution in [0.25, 0.3) is 0 Å². The van der Waals surface area contributed by atoms with Gasteiger partial charge in [0.05, 0.1) is 23.0 Å². The number of carbonyl (C=O) groups excluding carboxylic acids is 2. The van der Waals surface area contributed by atoms with Crippen LogP contribution in [-0.4, -0.2) is 24.1 Å². The second kappa shape index (κ2) is 9.36. The van der Waals surface area contributed by atoms with E-state index >= 15 is 0 Å². The van der Waals surface area contributed by atoms with Crippen LogP contribution < -0.4 is 0 Å². The Kier molecular flexibility index (Phi) is 5.88. The number of carbonyl (C=O) groups is 2. The quantitative estimate of drug-likeness (QED) is 0.288. The van der Waals surface area contributed by atoms with Crippen molar-refractivity contribution in [2.24, 2.45) is 0 Å². The van der Waals surface area contributed by atoms with Gasteiger partial charge >= 0.3 is 11.9 Å². The summed E-state index contributed by atoms with van der Waals surface area (Å²) in [7, 11) is 0. The van der Waals surface area contributed by atoms with E-state index in [1.54, 1.807) is 24.3 Å². The van der Waals surface area contributed by atoms with Gasteiger partial charge in [-0.15, -0.1) is 0 Å². The zero-order valence-corrected chi connectivity index (χ0v) is 20.8. The Balaban J connectivity index is 1.48. The number of hydrogen-bond acceptors (Lipinski definition) is 4. The van der Waals surface area contributed by atoms with Gasteiger partial charge in [0.25, 0.3) is 0 Å². The molecular formula is C33H28O4. The van der Waals surface area contributed by atoms with Crippen LogP contribution in [0.4, 0.5) is 0 Å². The van der Waals surface area contributed by atoms with Crippen molar-refractivity contribution in [1.82, 2.24) is 0 Å². The third-order valence-corrected chi connectivity index (χ3v) is 7.60. The fourth-order valence-electron chi connectivity index (χ4n) is 5.81. The minimum Gasteiger partial charge on any atom is -0.454 e. The van der Waals surface area contributed by atoms with E-state index in [1.165, 1.54) is 5.56 Å². The average molecular weight is 489 g/mol. The first-order chi connectivity index (χ1) is 18.0. The molecule has 4 heteroatoms. The van der Waals surface area contributed by atoms with E-state index in [4.69, 9.17) is 9.47 Å². The lowest BCUT2D eigenvalue weighted by Crippen LogP contribution is -2.51. The van der Waals surface area contributed by atoms with Crippen molar-refractivity contribution in [2.75, 3.05) is 0 Å². The number of rotatable bonds is 5. The molecule has 7 rings (SSSR count). The smallest absolute Gasteiger partial charge is 0.338 e. The molecule has 3 aliphatic carbocycles. The van der Waals surface area contributed by atoms with Gasteiger partial charge < -0.3 is 9.47 Å². The first kappa shape index (κ1) is 23.2.